The first-order valence-electron chi connectivity index (χ1n) is 6.70. The van der Waals surface area contributed by atoms with Crippen molar-refractivity contribution in [3.05, 3.63) is 0 Å². The van der Waals surface area contributed by atoms with Crippen LogP contribution in [0.2, 0.25) is 0 Å². The Labute approximate surface area is 104 Å². The number of Topliss-reactive ketones (excluding diaryl/α,β-unsaturated/α-hetero) is 2. The number of unbranched alkanes of at least 4 members (excludes halogenated alkanes) is 5. The first-order valence-corrected chi connectivity index (χ1v) is 6.70. The third-order valence-electron chi connectivity index (χ3n) is 2.82. The quantitative estimate of drug-likeness (QED) is 0.299. The second kappa shape index (κ2) is 11.5. The summed E-state index contributed by atoms with van der Waals surface area (Å²) in [6, 6.07) is 0. The van der Waals surface area contributed by atoms with Crippen LogP contribution in [-0.2, 0) is 14.4 Å². The summed E-state index contributed by atoms with van der Waals surface area (Å²) >= 11 is 0. The van der Waals surface area contributed by atoms with Gasteiger partial charge in [0.05, 0.1) is 0 Å². The predicted molar refractivity (Wildman–Crippen MR) is 67.9 cm³/mol. The first-order chi connectivity index (χ1) is 8.20. The van der Waals surface area contributed by atoms with Crippen molar-refractivity contribution >= 4 is 17.9 Å². The molecule has 0 N–H and O–H groups in total. The summed E-state index contributed by atoms with van der Waals surface area (Å²) in [4.78, 5) is 32.1. The van der Waals surface area contributed by atoms with Crippen molar-refractivity contribution in [1.29, 1.82) is 0 Å². The summed E-state index contributed by atoms with van der Waals surface area (Å²) < 4.78 is 0. The van der Waals surface area contributed by atoms with Crippen LogP contribution in [-0.4, -0.2) is 17.9 Å². The maximum Gasteiger partial charge on any atom is 0.195 e. The van der Waals surface area contributed by atoms with Crippen molar-refractivity contribution in [2.45, 2.75) is 71.1 Å². The van der Waals surface area contributed by atoms with E-state index in [2.05, 4.69) is 6.92 Å². The summed E-state index contributed by atoms with van der Waals surface area (Å²) in [5.74, 6) is 0.0720. The monoisotopic (exact) mass is 240 g/mol. The van der Waals surface area contributed by atoms with Gasteiger partial charge in [0.15, 0.2) is 12.1 Å². The average Bonchev–Trinajstić information content (AvgIpc) is 2.34. The fourth-order valence-electron chi connectivity index (χ4n) is 1.71. The maximum atomic E-state index is 11.3. The molecule has 0 aromatic rings. The fraction of sp³-hybridized carbons (Fsp3) is 0.786. The molecule has 17 heavy (non-hydrogen) atoms. The predicted octanol–water partition coefficient (Wildman–Crippen LogP) is 3.24. The topological polar surface area (TPSA) is 51.2 Å². The van der Waals surface area contributed by atoms with Crippen LogP contribution in [0.1, 0.15) is 71.1 Å². The minimum atomic E-state index is -0.306. The number of ketones is 2. The number of rotatable bonds is 12. The van der Waals surface area contributed by atoms with E-state index < -0.39 is 0 Å². The van der Waals surface area contributed by atoms with Crippen LogP contribution in [0.4, 0.5) is 0 Å². The molecule has 0 aromatic heterocycles. The minimum absolute atomic E-state index is 0.306. The van der Waals surface area contributed by atoms with Gasteiger partial charge < -0.3 is 0 Å². The molecule has 3 heteroatoms. The highest BCUT2D eigenvalue weighted by molar-refractivity contribution is 6.24. The van der Waals surface area contributed by atoms with Gasteiger partial charge in [0, 0.05) is 19.3 Å². The zero-order chi connectivity index (χ0) is 12.9. The number of aldehydes is 1. The summed E-state index contributed by atoms with van der Waals surface area (Å²) in [5.41, 5.74) is 0. The van der Waals surface area contributed by atoms with Gasteiger partial charge in [-0.05, 0) is 19.3 Å². The molecule has 0 bridgehead atoms. The molecule has 0 saturated heterocycles. The van der Waals surface area contributed by atoms with E-state index in [-0.39, 0.29) is 5.78 Å². The smallest absolute Gasteiger partial charge is 0.195 e. The van der Waals surface area contributed by atoms with Crippen LogP contribution >= 0.6 is 0 Å². The molecule has 0 spiro atoms. The molecule has 0 aromatic carbocycles. The molecule has 0 heterocycles. The summed E-state index contributed by atoms with van der Waals surface area (Å²) in [6.45, 7) is 2.09. The van der Waals surface area contributed by atoms with Crippen LogP contribution in [0.25, 0.3) is 0 Å². The van der Waals surface area contributed by atoms with Crippen molar-refractivity contribution in [1.82, 2.24) is 0 Å². The maximum absolute atomic E-state index is 11.3. The lowest BCUT2D eigenvalue weighted by atomic mass is 10.0. The molecule has 98 valence electrons. The molecule has 0 atom stereocenters. The molecule has 0 aliphatic carbocycles. The van der Waals surface area contributed by atoms with E-state index in [0.717, 1.165) is 51.4 Å². The van der Waals surface area contributed by atoms with Crippen molar-refractivity contribution in [2.24, 2.45) is 0 Å². The largest absolute Gasteiger partial charge is 0.300 e. The van der Waals surface area contributed by atoms with Gasteiger partial charge in [-0.15, -0.1) is 0 Å². The van der Waals surface area contributed by atoms with Gasteiger partial charge in [0.25, 0.3) is 0 Å². The van der Waals surface area contributed by atoms with Gasteiger partial charge in [0.2, 0.25) is 0 Å². The number of carbonyl (C=O) groups is 3. The second-order valence-corrected chi connectivity index (χ2v) is 4.49. The Morgan fingerprint density at radius 1 is 0.824 bits per heavy atom. The van der Waals surface area contributed by atoms with Crippen molar-refractivity contribution in [3.8, 4) is 0 Å². The van der Waals surface area contributed by atoms with E-state index in [4.69, 9.17) is 0 Å². The van der Waals surface area contributed by atoms with E-state index in [1.54, 1.807) is 0 Å². The second-order valence-electron chi connectivity index (χ2n) is 4.49. The van der Waals surface area contributed by atoms with Crippen LogP contribution in [0.3, 0.4) is 0 Å². The van der Waals surface area contributed by atoms with Crippen molar-refractivity contribution < 1.29 is 14.4 Å². The Hall–Kier alpha value is -0.990. The Bertz CT molecular complexity index is 234. The Kier molecular flexibility index (Phi) is 10.8. The lowest BCUT2D eigenvalue weighted by molar-refractivity contribution is -0.129. The van der Waals surface area contributed by atoms with E-state index in [9.17, 15) is 14.4 Å². The van der Waals surface area contributed by atoms with Gasteiger partial charge in [-0.25, -0.2) is 0 Å². The summed E-state index contributed by atoms with van der Waals surface area (Å²) in [7, 11) is 0. The highest BCUT2D eigenvalue weighted by atomic mass is 16.2. The molecule has 0 amide bonds. The molecular weight excluding hydrogens is 216 g/mol. The zero-order valence-corrected chi connectivity index (χ0v) is 10.9. The Balaban J connectivity index is 3.20. The number of hydrogen-bond acceptors (Lipinski definition) is 3. The van der Waals surface area contributed by atoms with Crippen LogP contribution in [0.5, 0.6) is 0 Å². The molecule has 0 radical (unpaired) electrons. The van der Waals surface area contributed by atoms with Crippen molar-refractivity contribution in [3.63, 3.8) is 0 Å². The fourth-order valence-corrected chi connectivity index (χ4v) is 1.71. The lowest BCUT2D eigenvalue weighted by Gasteiger charge is -2.01. The van der Waals surface area contributed by atoms with E-state index in [0.29, 0.717) is 24.9 Å². The third kappa shape index (κ3) is 11.3. The van der Waals surface area contributed by atoms with Crippen molar-refractivity contribution in [2.75, 3.05) is 0 Å². The van der Waals surface area contributed by atoms with Gasteiger partial charge in [-0.2, -0.15) is 0 Å². The Morgan fingerprint density at radius 2 is 1.35 bits per heavy atom. The zero-order valence-electron chi connectivity index (χ0n) is 10.9. The molecule has 0 aliphatic heterocycles. The third-order valence-corrected chi connectivity index (χ3v) is 2.82. The Morgan fingerprint density at radius 3 is 1.94 bits per heavy atom. The molecule has 0 saturated carbocycles. The molecule has 0 aliphatic rings. The standard InChI is InChI=1S/C14H24O3/c1-2-3-9-13(16)10-7-5-4-6-8-11-14(17)12-15/h12H,2-11H2,1H3. The van der Waals surface area contributed by atoms with E-state index in [1.165, 1.54) is 0 Å². The highest BCUT2D eigenvalue weighted by Crippen LogP contribution is 2.09. The van der Waals surface area contributed by atoms with Gasteiger partial charge in [-0.3, -0.25) is 14.4 Å². The SMILES string of the molecule is CCCCC(=O)CCCCCCCC(=O)C=O. The first kappa shape index (κ1) is 16.0. The van der Waals surface area contributed by atoms with Crippen LogP contribution in [0, 0.1) is 0 Å². The summed E-state index contributed by atoms with van der Waals surface area (Å²) in [6.07, 6.45) is 9.11. The van der Waals surface area contributed by atoms with Crippen LogP contribution < -0.4 is 0 Å². The van der Waals surface area contributed by atoms with Gasteiger partial charge in [-0.1, -0.05) is 32.6 Å². The molecule has 0 rings (SSSR count). The minimum Gasteiger partial charge on any atom is -0.300 e. The van der Waals surface area contributed by atoms with E-state index in [1.807, 2.05) is 0 Å². The molecule has 0 fully saturated rings. The van der Waals surface area contributed by atoms with E-state index >= 15 is 0 Å². The summed E-state index contributed by atoms with van der Waals surface area (Å²) in [5, 5.41) is 0. The van der Waals surface area contributed by atoms with Gasteiger partial charge >= 0.3 is 0 Å². The molecule has 0 unspecified atom stereocenters. The van der Waals surface area contributed by atoms with Crippen LogP contribution in [0.15, 0.2) is 0 Å². The number of carbonyl (C=O) groups excluding carboxylic acids is 3. The normalized spacial score (nSPS) is 10.2. The molecular formula is C14H24O3. The highest BCUT2D eigenvalue weighted by Gasteiger charge is 2.01. The lowest BCUT2D eigenvalue weighted by Crippen LogP contribution is -1.98. The van der Waals surface area contributed by atoms with Gasteiger partial charge in [0.1, 0.15) is 5.78 Å². The number of hydrogen-bond donors (Lipinski definition) is 0. The molecule has 3 nitrogen and oxygen atoms in total. The average molecular weight is 240 g/mol.